The van der Waals surface area contributed by atoms with Crippen molar-refractivity contribution in [2.75, 3.05) is 5.73 Å². The van der Waals surface area contributed by atoms with E-state index in [0.29, 0.717) is 0 Å². The Balaban J connectivity index is 3.15. The molecule has 0 fully saturated rings. The van der Waals surface area contributed by atoms with Crippen molar-refractivity contribution in [2.24, 2.45) is 0 Å². The lowest BCUT2D eigenvalue weighted by atomic mass is 10.4. The molecule has 0 aromatic carbocycles. The first-order valence-corrected chi connectivity index (χ1v) is 2.39. The van der Waals surface area contributed by atoms with E-state index in [-0.39, 0.29) is 11.4 Å². The zero-order valence-corrected chi connectivity index (χ0v) is 4.85. The van der Waals surface area contributed by atoms with Crippen molar-refractivity contribution in [3.63, 3.8) is 0 Å². The van der Waals surface area contributed by atoms with E-state index < -0.39 is 5.97 Å². The van der Waals surface area contributed by atoms with Gasteiger partial charge in [0.15, 0.2) is 5.69 Å². The molecular weight excluding hydrogens is 136 g/mol. The molecule has 0 saturated carbocycles. The zero-order chi connectivity index (χ0) is 7.56. The third kappa shape index (κ3) is 0.993. The van der Waals surface area contributed by atoms with Gasteiger partial charge in [0, 0.05) is 0 Å². The number of nitrogens with two attached hydrogens (primary N) is 1. The number of rotatable bonds is 1. The average Bonchev–Trinajstić information content (AvgIpc) is 1.88. The van der Waals surface area contributed by atoms with Crippen LogP contribution in [0.25, 0.3) is 0 Å². The van der Waals surface area contributed by atoms with Crippen molar-refractivity contribution < 1.29 is 9.90 Å². The van der Waals surface area contributed by atoms with Crippen LogP contribution >= 0.6 is 0 Å². The minimum Gasteiger partial charge on any atom is -0.476 e. The van der Waals surface area contributed by atoms with Gasteiger partial charge >= 0.3 is 5.97 Å². The maximum absolute atomic E-state index is 10.2. The molecule has 0 spiro atoms. The Kier molecular flexibility index (Phi) is 1.44. The fourth-order valence-electron chi connectivity index (χ4n) is 0.444. The van der Waals surface area contributed by atoms with E-state index in [1.165, 1.54) is 0 Å². The Morgan fingerprint density at radius 2 is 2.40 bits per heavy atom. The van der Waals surface area contributed by atoms with Gasteiger partial charge in [-0.1, -0.05) is 0 Å². The van der Waals surface area contributed by atoms with Crippen LogP contribution in [-0.2, 0) is 0 Å². The number of nitrogens with zero attached hydrogens (tertiary/aromatic N) is 3. The molecule has 0 aliphatic carbocycles. The summed E-state index contributed by atoms with van der Waals surface area (Å²) in [5.41, 5.74) is 4.92. The van der Waals surface area contributed by atoms with E-state index in [1.54, 1.807) is 0 Å². The van der Waals surface area contributed by atoms with Gasteiger partial charge in [-0.3, -0.25) is 0 Å². The smallest absolute Gasteiger partial charge is 0.358 e. The topological polar surface area (TPSA) is 102 Å². The van der Waals surface area contributed by atoms with Gasteiger partial charge in [-0.25, -0.2) is 4.79 Å². The van der Waals surface area contributed by atoms with Crippen molar-refractivity contribution in [1.82, 2.24) is 15.4 Å². The molecule has 0 saturated heterocycles. The van der Waals surface area contributed by atoms with Gasteiger partial charge in [0.1, 0.15) is 0 Å². The highest BCUT2D eigenvalue weighted by atomic mass is 16.4. The van der Waals surface area contributed by atoms with E-state index in [1.807, 2.05) is 0 Å². The molecule has 52 valence electrons. The van der Waals surface area contributed by atoms with Gasteiger partial charge < -0.3 is 10.8 Å². The summed E-state index contributed by atoms with van der Waals surface area (Å²) in [6.07, 6.45) is 1.14. The average molecular weight is 140 g/mol. The second-order valence-corrected chi connectivity index (χ2v) is 1.54. The van der Waals surface area contributed by atoms with E-state index in [4.69, 9.17) is 10.8 Å². The lowest BCUT2D eigenvalue weighted by molar-refractivity contribution is 0.0690. The van der Waals surface area contributed by atoms with Crippen molar-refractivity contribution >= 4 is 11.7 Å². The van der Waals surface area contributed by atoms with Crippen LogP contribution in [-0.4, -0.2) is 26.5 Å². The highest BCUT2D eigenvalue weighted by molar-refractivity contribution is 5.90. The summed E-state index contributed by atoms with van der Waals surface area (Å²) in [5, 5.41) is 17.9. The lowest BCUT2D eigenvalue weighted by Crippen LogP contribution is -2.07. The molecular formula is C4H4N4O2. The minimum atomic E-state index is -1.20. The number of anilines is 1. The van der Waals surface area contributed by atoms with Crippen molar-refractivity contribution in [2.45, 2.75) is 0 Å². The Hall–Kier alpha value is -1.72. The van der Waals surface area contributed by atoms with Crippen LogP contribution in [0.2, 0.25) is 0 Å². The van der Waals surface area contributed by atoms with E-state index in [9.17, 15) is 4.79 Å². The molecule has 0 aliphatic rings. The summed E-state index contributed by atoms with van der Waals surface area (Å²) in [5.74, 6) is -1.20. The van der Waals surface area contributed by atoms with Crippen LogP contribution in [0.4, 0.5) is 5.69 Å². The molecule has 1 aromatic heterocycles. The number of carboxylic acid groups (broad SMARTS) is 1. The molecule has 0 amide bonds. The maximum atomic E-state index is 10.2. The number of hydrogen-bond acceptors (Lipinski definition) is 5. The summed E-state index contributed by atoms with van der Waals surface area (Å²) in [6.45, 7) is 0. The molecule has 1 heterocycles. The molecule has 1 rings (SSSR count). The predicted octanol–water partition coefficient (Wildman–Crippen LogP) is -0.848. The molecule has 0 bridgehead atoms. The van der Waals surface area contributed by atoms with Crippen LogP contribution in [0.15, 0.2) is 6.20 Å². The number of aromatic carboxylic acids is 1. The van der Waals surface area contributed by atoms with Gasteiger partial charge in [0.2, 0.25) is 0 Å². The summed E-state index contributed by atoms with van der Waals surface area (Å²) in [7, 11) is 0. The monoisotopic (exact) mass is 140 g/mol. The van der Waals surface area contributed by atoms with E-state index in [2.05, 4.69) is 15.4 Å². The highest BCUT2D eigenvalue weighted by Crippen LogP contribution is 2.01. The van der Waals surface area contributed by atoms with Gasteiger partial charge in [-0.05, 0) is 5.21 Å². The molecule has 6 nitrogen and oxygen atoms in total. The van der Waals surface area contributed by atoms with Crippen LogP contribution in [0.1, 0.15) is 10.5 Å². The second-order valence-electron chi connectivity index (χ2n) is 1.54. The molecule has 6 heteroatoms. The van der Waals surface area contributed by atoms with Gasteiger partial charge in [0.25, 0.3) is 0 Å². The number of carboxylic acids is 1. The lowest BCUT2D eigenvalue weighted by Gasteiger charge is -1.92. The highest BCUT2D eigenvalue weighted by Gasteiger charge is 2.08. The Labute approximate surface area is 55.7 Å². The first-order chi connectivity index (χ1) is 4.72. The normalized spacial score (nSPS) is 9.20. The number of nitrogen functional groups attached to an aromatic ring is 1. The molecule has 1 aromatic rings. The fraction of sp³-hybridized carbons (Fsp3) is 0. The summed E-state index contributed by atoms with van der Waals surface area (Å²) < 4.78 is 0. The zero-order valence-electron chi connectivity index (χ0n) is 4.85. The van der Waals surface area contributed by atoms with Gasteiger partial charge in [-0.15, -0.1) is 10.2 Å². The Morgan fingerprint density at radius 3 is 2.80 bits per heavy atom. The number of hydrogen-bond donors (Lipinski definition) is 2. The van der Waals surface area contributed by atoms with Gasteiger partial charge in [-0.2, -0.15) is 0 Å². The quantitative estimate of drug-likeness (QED) is 0.526. The molecule has 10 heavy (non-hydrogen) atoms. The third-order valence-electron chi connectivity index (χ3n) is 0.869. The van der Waals surface area contributed by atoms with Crippen molar-refractivity contribution in [1.29, 1.82) is 0 Å². The second kappa shape index (κ2) is 2.26. The molecule has 0 unspecified atom stereocenters. The van der Waals surface area contributed by atoms with E-state index in [0.717, 1.165) is 6.20 Å². The van der Waals surface area contributed by atoms with Gasteiger partial charge in [0.05, 0.1) is 11.9 Å². The Bertz CT molecular complexity index is 261. The standard InChI is InChI=1S/C4H4N4O2/c5-2-1-6-8-7-3(2)4(9)10/h1H,(H2,5,8)(H,9,10). The maximum Gasteiger partial charge on any atom is 0.358 e. The van der Waals surface area contributed by atoms with Crippen LogP contribution in [0.3, 0.4) is 0 Å². The molecule has 0 atom stereocenters. The Morgan fingerprint density at radius 1 is 1.70 bits per heavy atom. The number of carbonyl (C=O) groups is 1. The van der Waals surface area contributed by atoms with Crippen LogP contribution in [0, 0.1) is 0 Å². The predicted molar refractivity (Wildman–Crippen MR) is 31.2 cm³/mol. The molecule has 0 radical (unpaired) electrons. The molecule has 3 N–H and O–H groups in total. The summed E-state index contributed by atoms with van der Waals surface area (Å²) >= 11 is 0. The van der Waals surface area contributed by atoms with Crippen molar-refractivity contribution in [3.8, 4) is 0 Å². The number of aromatic nitrogens is 3. The van der Waals surface area contributed by atoms with E-state index >= 15 is 0 Å². The fourth-order valence-corrected chi connectivity index (χ4v) is 0.444. The summed E-state index contributed by atoms with van der Waals surface area (Å²) in [6, 6.07) is 0. The minimum absolute atomic E-state index is 0.0162. The largest absolute Gasteiger partial charge is 0.476 e. The van der Waals surface area contributed by atoms with Crippen LogP contribution < -0.4 is 5.73 Å². The summed E-state index contributed by atoms with van der Waals surface area (Å²) in [4.78, 5) is 10.2. The SMILES string of the molecule is Nc1cnnnc1C(=O)O. The third-order valence-corrected chi connectivity index (χ3v) is 0.869. The van der Waals surface area contributed by atoms with Crippen LogP contribution in [0.5, 0.6) is 0 Å². The first kappa shape index (κ1) is 6.40. The van der Waals surface area contributed by atoms with Crippen molar-refractivity contribution in [3.05, 3.63) is 11.9 Å². The first-order valence-electron chi connectivity index (χ1n) is 2.39. The molecule has 0 aliphatic heterocycles.